The van der Waals surface area contributed by atoms with Gasteiger partial charge in [0.1, 0.15) is 5.35 Å². The summed E-state index contributed by atoms with van der Waals surface area (Å²) in [6.07, 6.45) is 0. The number of benzene rings is 1. The van der Waals surface area contributed by atoms with Gasteiger partial charge in [-0.15, -0.1) is 0 Å². The summed E-state index contributed by atoms with van der Waals surface area (Å²) < 4.78 is 10.6. The first-order valence-corrected chi connectivity index (χ1v) is 7.40. The lowest BCUT2D eigenvalue weighted by atomic mass is 10.2. The fourth-order valence-corrected chi connectivity index (χ4v) is 2.43. The van der Waals surface area contributed by atoms with E-state index >= 15 is 0 Å². The number of aromatic amines is 1. The quantitative estimate of drug-likeness (QED) is 0.578. The highest BCUT2D eigenvalue weighted by atomic mass is 16.5. The summed E-state index contributed by atoms with van der Waals surface area (Å²) in [5.41, 5.74) is 0.0586. The molecule has 0 radical (unpaired) electrons. The Morgan fingerprint density at radius 3 is 2.67 bits per heavy atom. The molecule has 0 bridgehead atoms. The van der Waals surface area contributed by atoms with E-state index in [1.807, 2.05) is 25.1 Å². The van der Waals surface area contributed by atoms with Crippen molar-refractivity contribution < 1.29 is 13.9 Å². The summed E-state index contributed by atoms with van der Waals surface area (Å²) in [7, 11) is 3.75. The molecule has 1 aliphatic heterocycles. The first-order valence-electron chi connectivity index (χ1n) is 7.40. The third-order valence-electron chi connectivity index (χ3n) is 3.65. The average molecular weight is 328 g/mol. The Morgan fingerprint density at radius 2 is 2.00 bits per heavy atom. The zero-order chi connectivity index (χ0) is 17.4. The molecule has 124 valence electrons. The lowest BCUT2D eigenvalue weighted by molar-refractivity contribution is 0.0524. The Bertz CT molecular complexity index is 1110. The molecule has 0 unspecified atom stereocenters. The van der Waals surface area contributed by atoms with Gasteiger partial charge in [-0.05, 0) is 19.1 Å². The molecule has 0 aromatic heterocycles. The van der Waals surface area contributed by atoms with Crippen LogP contribution in [0.25, 0.3) is 11.1 Å². The lowest BCUT2D eigenvalue weighted by Gasteiger charge is -2.12. The van der Waals surface area contributed by atoms with Crippen molar-refractivity contribution in [2.45, 2.75) is 6.92 Å². The molecular formula is C17H16N2O5. The van der Waals surface area contributed by atoms with Crippen LogP contribution in [0.4, 0.5) is 5.69 Å². The molecule has 1 aromatic carbocycles. The van der Waals surface area contributed by atoms with E-state index in [2.05, 4.69) is 4.98 Å². The Kier molecular flexibility index (Phi) is 3.84. The number of ether oxygens (including phenoxy) is 1. The number of carbonyl (C=O) groups excluding carboxylic acids is 1. The third-order valence-corrected chi connectivity index (χ3v) is 3.65. The van der Waals surface area contributed by atoms with Crippen LogP contribution in [0, 0.1) is 10.8 Å². The van der Waals surface area contributed by atoms with E-state index < -0.39 is 16.8 Å². The molecule has 1 N–H and O–H groups in total. The van der Waals surface area contributed by atoms with E-state index in [-0.39, 0.29) is 22.9 Å². The van der Waals surface area contributed by atoms with Gasteiger partial charge in [0.05, 0.1) is 17.7 Å². The number of anilines is 1. The van der Waals surface area contributed by atoms with Crippen molar-refractivity contribution >= 4 is 22.8 Å². The van der Waals surface area contributed by atoms with E-state index in [0.29, 0.717) is 11.1 Å². The second kappa shape index (κ2) is 5.84. The number of nitrogens with one attached hydrogen (secondary N) is 1. The van der Waals surface area contributed by atoms with Crippen LogP contribution in [0.5, 0.6) is 0 Å². The fourth-order valence-electron chi connectivity index (χ4n) is 2.43. The van der Waals surface area contributed by atoms with E-state index in [1.165, 1.54) is 0 Å². The third kappa shape index (κ3) is 2.54. The molecule has 7 heteroatoms. The van der Waals surface area contributed by atoms with Crippen LogP contribution in [0.15, 0.2) is 38.3 Å². The van der Waals surface area contributed by atoms with E-state index in [0.717, 1.165) is 11.8 Å². The second-order valence-electron chi connectivity index (χ2n) is 5.48. The van der Waals surface area contributed by atoms with Gasteiger partial charge in [0, 0.05) is 31.9 Å². The molecule has 24 heavy (non-hydrogen) atoms. The molecule has 0 spiro atoms. The fraction of sp³-hybridized carbons (Fsp3) is 0.235. The highest BCUT2D eigenvalue weighted by Crippen LogP contribution is 2.20. The zero-order valence-electron chi connectivity index (χ0n) is 13.5. The van der Waals surface area contributed by atoms with Gasteiger partial charge in [-0.3, -0.25) is 9.59 Å². The first kappa shape index (κ1) is 15.8. The summed E-state index contributed by atoms with van der Waals surface area (Å²) >= 11 is 0. The van der Waals surface area contributed by atoms with Crippen LogP contribution in [-0.4, -0.2) is 31.7 Å². The van der Waals surface area contributed by atoms with Crippen molar-refractivity contribution in [1.29, 1.82) is 0 Å². The Morgan fingerprint density at radius 1 is 1.25 bits per heavy atom. The van der Waals surface area contributed by atoms with Crippen LogP contribution in [-0.2, 0) is 4.74 Å². The minimum atomic E-state index is -0.814. The van der Waals surface area contributed by atoms with Crippen molar-refractivity contribution in [2.24, 2.45) is 0 Å². The van der Waals surface area contributed by atoms with Crippen molar-refractivity contribution in [1.82, 2.24) is 4.98 Å². The predicted molar refractivity (Wildman–Crippen MR) is 88.7 cm³/mol. The number of hydrogen-bond acceptors (Lipinski definition) is 6. The number of fused-ring (bicyclic) bond motifs is 1. The molecule has 0 saturated carbocycles. The van der Waals surface area contributed by atoms with Gasteiger partial charge in [-0.25, -0.2) is 4.79 Å². The number of carbonyl (C=O) groups is 1. The summed E-state index contributed by atoms with van der Waals surface area (Å²) in [4.78, 5) is 41.0. The molecule has 1 aliphatic carbocycles. The number of rotatable bonds is 3. The van der Waals surface area contributed by atoms with Gasteiger partial charge in [-0.1, -0.05) is 0 Å². The summed E-state index contributed by atoms with van der Waals surface area (Å²) in [5, 5.41) is 0.156. The summed E-state index contributed by atoms with van der Waals surface area (Å²) in [6.45, 7) is 1.82. The molecule has 0 fully saturated rings. The molecule has 2 aliphatic rings. The second-order valence-corrected chi connectivity index (χ2v) is 5.48. The van der Waals surface area contributed by atoms with Gasteiger partial charge in [0.25, 0.3) is 5.43 Å². The highest BCUT2D eigenvalue weighted by molar-refractivity contribution is 5.89. The van der Waals surface area contributed by atoms with Gasteiger partial charge >= 0.3 is 5.97 Å². The maximum absolute atomic E-state index is 12.1. The summed E-state index contributed by atoms with van der Waals surface area (Å²) in [6, 6.07) is 6.36. The first-order chi connectivity index (χ1) is 11.4. The van der Waals surface area contributed by atoms with Crippen molar-refractivity contribution in [2.75, 3.05) is 25.6 Å². The zero-order valence-corrected chi connectivity index (χ0v) is 13.5. The number of aromatic nitrogens is 1. The van der Waals surface area contributed by atoms with E-state index in [9.17, 15) is 14.4 Å². The normalized spacial score (nSPS) is 11.0. The van der Waals surface area contributed by atoms with Crippen LogP contribution in [0.2, 0.25) is 0 Å². The highest BCUT2D eigenvalue weighted by Gasteiger charge is 2.16. The standard InChI is InChI=1S/C17H16N2O5/c1-4-23-17(22)10-8-12(20)15(21)16-14(10)18-11-6-5-9(19(2)3)7-13(11)24-16/h5-8,18H,4H2,1-3H3. The minimum absolute atomic E-state index is 0.0150. The van der Waals surface area contributed by atoms with Crippen LogP contribution in [0.3, 0.4) is 0 Å². The molecule has 7 nitrogen and oxygen atoms in total. The van der Waals surface area contributed by atoms with E-state index in [1.54, 1.807) is 19.1 Å². The van der Waals surface area contributed by atoms with Gasteiger partial charge < -0.3 is 19.0 Å². The molecule has 3 rings (SSSR count). The van der Waals surface area contributed by atoms with Crippen molar-refractivity contribution in [3.05, 3.63) is 61.0 Å². The summed E-state index contributed by atoms with van der Waals surface area (Å²) in [5.74, 6) is -0.685. The van der Waals surface area contributed by atoms with Crippen molar-refractivity contribution in [3.63, 3.8) is 0 Å². The minimum Gasteiger partial charge on any atom is -0.462 e. The SMILES string of the molecule is CCOC(=O)c1cc(=O)c(=O)c2oc3cc(N(C)C)ccc3[nH]c1=2. The van der Waals surface area contributed by atoms with Crippen LogP contribution in [0.1, 0.15) is 17.3 Å². The predicted octanol–water partition coefficient (Wildman–Crippen LogP) is 1.45. The average Bonchev–Trinajstić information content (AvgIpc) is 2.56. The maximum atomic E-state index is 12.1. The van der Waals surface area contributed by atoms with E-state index in [4.69, 9.17) is 9.15 Å². The topological polar surface area (TPSA) is 92.6 Å². The smallest absolute Gasteiger partial charge is 0.340 e. The monoisotopic (exact) mass is 328 g/mol. The van der Waals surface area contributed by atoms with Gasteiger partial charge in [0.2, 0.25) is 10.8 Å². The van der Waals surface area contributed by atoms with Crippen LogP contribution < -0.4 is 15.8 Å². The molecular weight excluding hydrogens is 312 g/mol. The van der Waals surface area contributed by atoms with Gasteiger partial charge in [-0.2, -0.15) is 0 Å². The van der Waals surface area contributed by atoms with Gasteiger partial charge in [0.15, 0.2) is 5.58 Å². The number of hydrogen-bond donors (Lipinski definition) is 1. The molecule has 0 amide bonds. The van der Waals surface area contributed by atoms with Crippen molar-refractivity contribution in [3.8, 4) is 0 Å². The number of H-pyrrole nitrogens is 1. The molecule has 1 heterocycles. The Hall–Kier alpha value is -3.09. The molecule has 0 atom stereocenters. The lowest BCUT2D eigenvalue weighted by Crippen LogP contribution is -2.27. The Balaban J connectivity index is 2.44. The Labute approximate surface area is 136 Å². The largest absolute Gasteiger partial charge is 0.462 e. The van der Waals surface area contributed by atoms with Crippen LogP contribution >= 0.6 is 0 Å². The number of nitrogens with zero attached hydrogens (tertiary/aromatic N) is 1. The number of esters is 1. The maximum Gasteiger partial charge on any atom is 0.340 e. The molecule has 1 aromatic rings. The molecule has 0 saturated heterocycles.